The van der Waals surface area contributed by atoms with E-state index in [0.717, 1.165) is 6.54 Å². The highest BCUT2D eigenvalue weighted by molar-refractivity contribution is 9.10. The van der Waals surface area contributed by atoms with Crippen molar-refractivity contribution in [3.8, 4) is 0 Å². The average Bonchev–Trinajstić information content (AvgIpc) is 3.07. The summed E-state index contributed by atoms with van der Waals surface area (Å²) in [6, 6.07) is 3.47. The number of rotatable bonds is 4. The van der Waals surface area contributed by atoms with Gasteiger partial charge in [0.05, 0.1) is 0 Å². The second kappa shape index (κ2) is 4.77. The van der Waals surface area contributed by atoms with Crippen LogP contribution in [0, 0.1) is 11.3 Å². The van der Waals surface area contributed by atoms with E-state index in [1.807, 2.05) is 0 Å². The summed E-state index contributed by atoms with van der Waals surface area (Å²) in [5.41, 5.74) is 1.01. The van der Waals surface area contributed by atoms with Gasteiger partial charge in [0.1, 0.15) is 4.60 Å². The van der Waals surface area contributed by atoms with Gasteiger partial charge in [-0.15, -0.1) is 0 Å². The van der Waals surface area contributed by atoms with Crippen LogP contribution in [0.1, 0.15) is 37.0 Å². The number of hydrogen-bond donors (Lipinski definition) is 1. The van der Waals surface area contributed by atoms with Crippen molar-refractivity contribution in [3.05, 3.63) is 28.5 Å². The molecule has 1 aliphatic carbocycles. The van der Waals surface area contributed by atoms with Crippen molar-refractivity contribution in [3.63, 3.8) is 0 Å². The zero-order valence-corrected chi connectivity index (χ0v) is 11.8. The van der Waals surface area contributed by atoms with E-state index in [-0.39, 0.29) is 5.91 Å². The molecule has 0 spiro atoms. The minimum absolute atomic E-state index is 0.0139. The molecule has 0 radical (unpaired) electrons. The summed E-state index contributed by atoms with van der Waals surface area (Å²) >= 11 is 3.27. The summed E-state index contributed by atoms with van der Waals surface area (Å²) in [4.78, 5) is 15.9. The normalized spacial score (nSPS) is 16.9. The van der Waals surface area contributed by atoms with E-state index in [2.05, 4.69) is 40.1 Å². The topological polar surface area (TPSA) is 42.0 Å². The minimum atomic E-state index is -0.0139. The zero-order chi connectivity index (χ0) is 12.5. The Bertz CT molecular complexity index is 427. The smallest absolute Gasteiger partial charge is 0.251 e. The van der Waals surface area contributed by atoms with Gasteiger partial charge in [0.25, 0.3) is 5.91 Å². The van der Waals surface area contributed by atoms with Gasteiger partial charge in [-0.05, 0) is 52.2 Å². The molecule has 1 N–H and O–H groups in total. The maximum Gasteiger partial charge on any atom is 0.251 e. The maximum absolute atomic E-state index is 11.9. The Balaban J connectivity index is 1.94. The summed E-state index contributed by atoms with van der Waals surface area (Å²) < 4.78 is 0.690. The van der Waals surface area contributed by atoms with E-state index in [1.54, 1.807) is 18.3 Å². The van der Waals surface area contributed by atoms with Gasteiger partial charge in [-0.3, -0.25) is 4.79 Å². The van der Waals surface area contributed by atoms with E-state index < -0.39 is 0 Å². The second-order valence-corrected chi connectivity index (χ2v) is 5.88. The van der Waals surface area contributed by atoms with Gasteiger partial charge in [0.15, 0.2) is 0 Å². The predicted molar refractivity (Wildman–Crippen MR) is 70.8 cm³/mol. The summed E-state index contributed by atoms with van der Waals surface area (Å²) in [6.45, 7) is 5.23. The average molecular weight is 297 g/mol. The largest absolute Gasteiger partial charge is 0.351 e. The van der Waals surface area contributed by atoms with Gasteiger partial charge in [0.2, 0.25) is 0 Å². The van der Waals surface area contributed by atoms with Gasteiger partial charge in [0, 0.05) is 18.3 Å². The summed E-state index contributed by atoms with van der Waals surface area (Å²) in [5, 5.41) is 3.02. The van der Waals surface area contributed by atoms with Gasteiger partial charge in [-0.2, -0.15) is 0 Å². The molecule has 0 bridgehead atoms. The SMILES string of the molecule is CC(C)C1(CNC(=O)c2ccnc(Br)c2)CC1. The minimum Gasteiger partial charge on any atom is -0.351 e. The molecule has 1 saturated carbocycles. The van der Waals surface area contributed by atoms with Gasteiger partial charge in [-0.1, -0.05) is 13.8 Å². The lowest BCUT2D eigenvalue weighted by Gasteiger charge is -2.19. The Hall–Kier alpha value is -0.900. The third kappa shape index (κ3) is 2.86. The van der Waals surface area contributed by atoms with Gasteiger partial charge >= 0.3 is 0 Å². The first kappa shape index (κ1) is 12.6. The van der Waals surface area contributed by atoms with Crippen molar-refractivity contribution < 1.29 is 4.79 Å². The molecule has 1 fully saturated rings. The monoisotopic (exact) mass is 296 g/mol. The standard InChI is InChI=1S/C13H17BrN2O/c1-9(2)13(4-5-13)8-16-12(17)10-3-6-15-11(14)7-10/h3,6-7,9H,4-5,8H2,1-2H3,(H,16,17). The van der Waals surface area contributed by atoms with Crippen LogP contribution in [0.5, 0.6) is 0 Å². The molecular formula is C13H17BrN2O. The number of carbonyl (C=O) groups excluding carboxylic acids is 1. The van der Waals surface area contributed by atoms with Crippen molar-refractivity contribution in [2.75, 3.05) is 6.54 Å². The molecule has 0 atom stereocenters. The van der Waals surface area contributed by atoms with Crippen LogP contribution in [0.2, 0.25) is 0 Å². The molecule has 1 heterocycles. The zero-order valence-electron chi connectivity index (χ0n) is 10.2. The van der Waals surface area contributed by atoms with Crippen LogP contribution in [-0.2, 0) is 0 Å². The van der Waals surface area contributed by atoms with E-state index in [1.165, 1.54) is 12.8 Å². The van der Waals surface area contributed by atoms with Crippen LogP contribution in [0.4, 0.5) is 0 Å². The Morgan fingerprint density at radius 3 is 2.82 bits per heavy atom. The predicted octanol–water partition coefficient (Wildman–Crippen LogP) is 3.01. The first-order chi connectivity index (χ1) is 8.03. The molecule has 1 aromatic rings. The van der Waals surface area contributed by atoms with Crippen molar-refractivity contribution in [1.29, 1.82) is 0 Å². The summed E-state index contributed by atoms with van der Waals surface area (Å²) in [6.07, 6.45) is 4.09. The molecule has 1 amide bonds. The van der Waals surface area contributed by atoms with Crippen LogP contribution in [-0.4, -0.2) is 17.4 Å². The lowest BCUT2D eigenvalue weighted by atomic mass is 9.92. The fraction of sp³-hybridized carbons (Fsp3) is 0.538. The van der Waals surface area contributed by atoms with E-state index in [0.29, 0.717) is 21.5 Å². The third-order valence-electron chi connectivity index (χ3n) is 3.71. The maximum atomic E-state index is 11.9. The highest BCUT2D eigenvalue weighted by Gasteiger charge is 2.45. The first-order valence-electron chi connectivity index (χ1n) is 5.93. The van der Waals surface area contributed by atoms with Crippen molar-refractivity contribution in [2.24, 2.45) is 11.3 Å². The number of halogens is 1. The van der Waals surface area contributed by atoms with Gasteiger partial charge in [-0.25, -0.2) is 4.98 Å². The number of aromatic nitrogens is 1. The van der Waals surface area contributed by atoms with Crippen LogP contribution in [0.25, 0.3) is 0 Å². The molecule has 17 heavy (non-hydrogen) atoms. The van der Waals surface area contributed by atoms with Crippen molar-refractivity contribution in [1.82, 2.24) is 10.3 Å². The van der Waals surface area contributed by atoms with Crippen molar-refractivity contribution >= 4 is 21.8 Å². The fourth-order valence-corrected chi connectivity index (χ4v) is 2.39. The first-order valence-corrected chi connectivity index (χ1v) is 6.72. The molecule has 3 nitrogen and oxygen atoms in total. The van der Waals surface area contributed by atoms with E-state index >= 15 is 0 Å². The molecule has 0 unspecified atom stereocenters. The van der Waals surface area contributed by atoms with Crippen molar-refractivity contribution in [2.45, 2.75) is 26.7 Å². The molecule has 1 aliphatic rings. The summed E-state index contributed by atoms with van der Waals surface area (Å²) in [5.74, 6) is 0.618. The lowest BCUT2D eigenvalue weighted by Crippen LogP contribution is -2.32. The molecule has 2 rings (SSSR count). The molecule has 4 heteroatoms. The van der Waals surface area contributed by atoms with Crippen LogP contribution < -0.4 is 5.32 Å². The molecule has 0 aliphatic heterocycles. The Labute approximate surface area is 110 Å². The quantitative estimate of drug-likeness (QED) is 0.868. The fourth-order valence-electron chi connectivity index (χ4n) is 2.02. The van der Waals surface area contributed by atoms with Gasteiger partial charge < -0.3 is 5.32 Å². The number of amides is 1. The number of nitrogens with one attached hydrogen (secondary N) is 1. The Kier molecular flexibility index (Phi) is 3.52. The molecule has 1 aromatic heterocycles. The Morgan fingerprint density at radius 2 is 2.29 bits per heavy atom. The van der Waals surface area contributed by atoms with Crippen LogP contribution in [0.15, 0.2) is 22.9 Å². The highest BCUT2D eigenvalue weighted by Crippen LogP contribution is 2.51. The number of nitrogens with zero attached hydrogens (tertiary/aromatic N) is 1. The highest BCUT2D eigenvalue weighted by atomic mass is 79.9. The Morgan fingerprint density at radius 1 is 1.59 bits per heavy atom. The third-order valence-corrected chi connectivity index (χ3v) is 4.14. The van der Waals surface area contributed by atoms with E-state index in [4.69, 9.17) is 0 Å². The number of hydrogen-bond acceptors (Lipinski definition) is 2. The molecule has 0 saturated heterocycles. The van der Waals surface area contributed by atoms with Crippen LogP contribution in [0.3, 0.4) is 0 Å². The summed E-state index contributed by atoms with van der Waals surface area (Å²) in [7, 11) is 0. The van der Waals surface area contributed by atoms with E-state index in [9.17, 15) is 4.79 Å². The molecule has 0 aromatic carbocycles. The second-order valence-electron chi connectivity index (χ2n) is 5.07. The number of carbonyl (C=O) groups is 1. The van der Waals surface area contributed by atoms with Crippen LogP contribution >= 0.6 is 15.9 Å². The molecule has 92 valence electrons. The molecular weight excluding hydrogens is 280 g/mol. The number of pyridine rings is 1. The lowest BCUT2D eigenvalue weighted by molar-refractivity contribution is 0.0939.